The van der Waals surface area contributed by atoms with Crippen molar-refractivity contribution in [3.63, 3.8) is 0 Å². The zero-order valence-corrected chi connectivity index (χ0v) is 8.24. The fourth-order valence-corrected chi connectivity index (χ4v) is 1.91. The van der Waals surface area contributed by atoms with Crippen molar-refractivity contribution in [1.82, 2.24) is 4.90 Å². The largest absolute Gasteiger partial charge is 0.396 e. The third-order valence-corrected chi connectivity index (χ3v) is 3.23. The van der Waals surface area contributed by atoms with Gasteiger partial charge < -0.3 is 20.8 Å². The molecule has 0 bridgehead atoms. The van der Waals surface area contributed by atoms with E-state index in [1.54, 1.807) is 0 Å². The lowest BCUT2D eigenvalue weighted by Gasteiger charge is -2.42. The Kier molecular flexibility index (Phi) is 3.67. The molecule has 0 spiro atoms. The normalized spacial score (nSPS) is 25.8. The monoisotopic (exact) mass is 188 g/mol. The van der Waals surface area contributed by atoms with Gasteiger partial charge in [-0.1, -0.05) is 0 Å². The maximum atomic E-state index is 9.72. The third-order valence-electron chi connectivity index (χ3n) is 3.23. The molecule has 1 aliphatic heterocycles. The van der Waals surface area contributed by atoms with E-state index in [1.165, 1.54) is 0 Å². The Bertz CT molecular complexity index is 156. The van der Waals surface area contributed by atoms with Crippen molar-refractivity contribution in [2.24, 2.45) is 11.1 Å². The van der Waals surface area contributed by atoms with E-state index in [0.717, 1.165) is 25.9 Å². The molecule has 13 heavy (non-hydrogen) atoms. The SMILES string of the molecule is CN1CCC(CO)(C(O)CN)CC1. The van der Waals surface area contributed by atoms with Gasteiger partial charge in [-0.2, -0.15) is 0 Å². The topological polar surface area (TPSA) is 69.7 Å². The van der Waals surface area contributed by atoms with Crippen LogP contribution in [0.3, 0.4) is 0 Å². The van der Waals surface area contributed by atoms with Gasteiger partial charge in [0.15, 0.2) is 0 Å². The van der Waals surface area contributed by atoms with Gasteiger partial charge in [-0.3, -0.25) is 0 Å². The molecule has 1 heterocycles. The van der Waals surface area contributed by atoms with Crippen LogP contribution >= 0.6 is 0 Å². The Morgan fingerprint density at radius 1 is 1.46 bits per heavy atom. The number of hydrogen-bond donors (Lipinski definition) is 3. The Hall–Kier alpha value is -0.160. The second-order valence-corrected chi connectivity index (χ2v) is 4.08. The first-order valence-electron chi connectivity index (χ1n) is 4.82. The van der Waals surface area contributed by atoms with Crippen molar-refractivity contribution in [3.8, 4) is 0 Å². The summed E-state index contributed by atoms with van der Waals surface area (Å²) in [5.74, 6) is 0. The zero-order chi connectivity index (χ0) is 9.90. The molecule has 4 heteroatoms. The zero-order valence-electron chi connectivity index (χ0n) is 8.24. The van der Waals surface area contributed by atoms with Crippen molar-refractivity contribution in [2.75, 3.05) is 33.3 Å². The summed E-state index contributed by atoms with van der Waals surface area (Å²) in [5.41, 5.74) is 5.08. The number of piperidine rings is 1. The molecule has 0 saturated carbocycles. The van der Waals surface area contributed by atoms with E-state index in [1.807, 2.05) is 0 Å². The van der Waals surface area contributed by atoms with Crippen LogP contribution in [0.25, 0.3) is 0 Å². The summed E-state index contributed by atoms with van der Waals surface area (Å²) in [5, 5.41) is 19.0. The Balaban J connectivity index is 2.60. The van der Waals surface area contributed by atoms with E-state index in [0.29, 0.717) is 0 Å². The van der Waals surface area contributed by atoms with Gasteiger partial charge in [0.05, 0.1) is 12.7 Å². The summed E-state index contributed by atoms with van der Waals surface area (Å²) in [4.78, 5) is 2.21. The smallest absolute Gasteiger partial charge is 0.0741 e. The molecule has 4 N–H and O–H groups in total. The second kappa shape index (κ2) is 4.37. The van der Waals surface area contributed by atoms with Gasteiger partial charge in [-0.25, -0.2) is 0 Å². The van der Waals surface area contributed by atoms with Gasteiger partial charge in [0.25, 0.3) is 0 Å². The number of rotatable bonds is 3. The predicted octanol–water partition coefficient (Wildman–Crippen LogP) is -0.990. The summed E-state index contributed by atoms with van der Waals surface area (Å²) in [6.45, 7) is 2.14. The first kappa shape index (κ1) is 10.9. The highest BCUT2D eigenvalue weighted by atomic mass is 16.3. The number of nitrogens with two attached hydrogens (primary N) is 1. The Labute approximate surface area is 79.3 Å². The molecule has 0 aliphatic carbocycles. The van der Waals surface area contributed by atoms with Crippen LogP contribution in [-0.4, -0.2) is 54.5 Å². The van der Waals surface area contributed by atoms with Crippen molar-refractivity contribution in [3.05, 3.63) is 0 Å². The number of likely N-dealkylation sites (tertiary alicyclic amines) is 1. The van der Waals surface area contributed by atoms with Crippen molar-refractivity contribution in [2.45, 2.75) is 18.9 Å². The molecule has 1 rings (SSSR count). The molecule has 1 atom stereocenters. The fourth-order valence-electron chi connectivity index (χ4n) is 1.91. The number of hydrogen-bond acceptors (Lipinski definition) is 4. The van der Waals surface area contributed by atoms with Gasteiger partial charge >= 0.3 is 0 Å². The number of nitrogens with zero attached hydrogens (tertiary/aromatic N) is 1. The molecule has 1 unspecified atom stereocenters. The minimum atomic E-state index is -0.564. The van der Waals surface area contributed by atoms with Gasteiger partial charge in [-0.05, 0) is 33.0 Å². The summed E-state index contributed by atoms with van der Waals surface area (Å²) in [7, 11) is 2.05. The lowest BCUT2D eigenvalue weighted by Crippen LogP contribution is -2.49. The summed E-state index contributed by atoms with van der Waals surface area (Å²) in [6, 6.07) is 0. The van der Waals surface area contributed by atoms with E-state index in [2.05, 4.69) is 11.9 Å². The van der Waals surface area contributed by atoms with Crippen LogP contribution in [0.2, 0.25) is 0 Å². The predicted molar refractivity (Wildman–Crippen MR) is 51.3 cm³/mol. The van der Waals surface area contributed by atoms with Crippen LogP contribution in [0.15, 0.2) is 0 Å². The Morgan fingerprint density at radius 3 is 2.38 bits per heavy atom. The molecule has 0 aromatic heterocycles. The van der Waals surface area contributed by atoms with Crippen LogP contribution in [-0.2, 0) is 0 Å². The summed E-state index contributed by atoms with van der Waals surface area (Å²) < 4.78 is 0. The first-order valence-corrected chi connectivity index (χ1v) is 4.82. The van der Waals surface area contributed by atoms with Gasteiger partial charge in [0.1, 0.15) is 0 Å². The molecule has 1 aliphatic rings. The quantitative estimate of drug-likeness (QED) is 0.532. The standard InChI is InChI=1S/C9H20N2O2/c1-11-4-2-9(7-12,3-5-11)8(13)6-10/h8,12-13H,2-7,10H2,1H3. The lowest BCUT2D eigenvalue weighted by atomic mass is 9.74. The number of aliphatic hydroxyl groups excluding tert-OH is 2. The van der Waals surface area contributed by atoms with Gasteiger partial charge in [-0.15, -0.1) is 0 Å². The van der Waals surface area contributed by atoms with E-state index in [-0.39, 0.29) is 18.6 Å². The van der Waals surface area contributed by atoms with E-state index >= 15 is 0 Å². The van der Waals surface area contributed by atoms with Crippen molar-refractivity contribution < 1.29 is 10.2 Å². The van der Waals surface area contributed by atoms with Crippen LogP contribution in [0, 0.1) is 5.41 Å². The lowest BCUT2D eigenvalue weighted by molar-refractivity contribution is -0.0497. The third kappa shape index (κ3) is 2.20. The highest BCUT2D eigenvalue weighted by molar-refractivity contribution is 4.90. The fraction of sp³-hybridized carbons (Fsp3) is 1.00. The second-order valence-electron chi connectivity index (χ2n) is 4.08. The molecule has 0 aromatic rings. The molecule has 0 aromatic carbocycles. The van der Waals surface area contributed by atoms with E-state index in [4.69, 9.17) is 5.73 Å². The van der Waals surface area contributed by atoms with Gasteiger partial charge in [0, 0.05) is 12.0 Å². The first-order chi connectivity index (χ1) is 6.14. The minimum Gasteiger partial charge on any atom is -0.396 e. The highest BCUT2D eigenvalue weighted by Gasteiger charge is 2.38. The van der Waals surface area contributed by atoms with E-state index in [9.17, 15) is 10.2 Å². The molecule has 78 valence electrons. The summed E-state index contributed by atoms with van der Waals surface area (Å²) >= 11 is 0. The van der Waals surface area contributed by atoms with E-state index < -0.39 is 6.10 Å². The van der Waals surface area contributed by atoms with Crippen LogP contribution in [0.4, 0.5) is 0 Å². The molecule has 0 radical (unpaired) electrons. The van der Waals surface area contributed by atoms with Crippen LogP contribution in [0.5, 0.6) is 0 Å². The van der Waals surface area contributed by atoms with Crippen molar-refractivity contribution >= 4 is 0 Å². The average Bonchev–Trinajstić information content (AvgIpc) is 2.18. The summed E-state index contributed by atoms with van der Waals surface area (Å²) in [6.07, 6.45) is 1.10. The maximum Gasteiger partial charge on any atom is 0.0741 e. The van der Waals surface area contributed by atoms with Crippen LogP contribution in [0.1, 0.15) is 12.8 Å². The highest BCUT2D eigenvalue weighted by Crippen LogP contribution is 2.33. The molecular weight excluding hydrogens is 168 g/mol. The molecule has 4 nitrogen and oxygen atoms in total. The average molecular weight is 188 g/mol. The molecule has 0 amide bonds. The Morgan fingerprint density at radius 2 is 2.00 bits per heavy atom. The van der Waals surface area contributed by atoms with Crippen LogP contribution < -0.4 is 5.73 Å². The van der Waals surface area contributed by atoms with Crippen molar-refractivity contribution in [1.29, 1.82) is 0 Å². The molecule has 1 saturated heterocycles. The number of aliphatic hydroxyl groups is 2. The molecule has 1 fully saturated rings. The molecular formula is C9H20N2O2. The minimum absolute atomic E-state index is 0.0409. The maximum absolute atomic E-state index is 9.72. The van der Waals surface area contributed by atoms with Gasteiger partial charge in [0.2, 0.25) is 0 Å².